The molecule has 1 aliphatic heterocycles. The van der Waals surface area contributed by atoms with E-state index in [9.17, 15) is 45.9 Å². The summed E-state index contributed by atoms with van der Waals surface area (Å²) in [6.07, 6.45) is -4.66. The number of nitrogens with zero attached hydrogens (tertiary/aromatic N) is 6. The van der Waals surface area contributed by atoms with Crippen molar-refractivity contribution in [3.63, 3.8) is 0 Å². The number of amides is 2. The van der Waals surface area contributed by atoms with Crippen LogP contribution >= 0.6 is 11.3 Å². The minimum Gasteiger partial charge on any atom is -0.487 e. The number of β-lactam (4-membered cyclic amide) rings is 1. The van der Waals surface area contributed by atoms with E-state index in [1.165, 1.54) is 54.5 Å². The predicted molar refractivity (Wildman–Crippen MR) is 171 cm³/mol. The number of aryl methyl sites for hydroxylation is 1. The molecule has 2 amide bonds. The summed E-state index contributed by atoms with van der Waals surface area (Å²) in [4.78, 5) is 65.9. The van der Waals surface area contributed by atoms with Crippen LogP contribution in [0.25, 0.3) is 0 Å². The number of hydroxylamine groups is 2. The Morgan fingerprint density at radius 2 is 1.94 bits per heavy atom. The highest BCUT2D eigenvalue weighted by molar-refractivity contribution is 7.80. The zero-order valence-corrected chi connectivity index (χ0v) is 28.7. The summed E-state index contributed by atoms with van der Waals surface area (Å²) in [7, 11) is -5.07. The van der Waals surface area contributed by atoms with Gasteiger partial charge in [-0.1, -0.05) is 5.16 Å². The Balaban J connectivity index is 1.37. The molecule has 288 valence electrons. The Morgan fingerprint density at radius 1 is 1.23 bits per heavy atom. The molecule has 1 saturated heterocycles. The molecule has 8 N–H and O–H groups in total. The number of carbonyl (C=O) groups is 4. The van der Waals surface area contributed by atoms with Crippen LogP contribution in [0.1, 0.15) is 26.0 Å². The third-order valence-corrected chi connectivity index (χ3v) is 7.90. The van der Waals surface area contributed by atoms with E-state index in [0.29, 0.717) is 5.06 Å². The summed E-state index contributed by atoms with van der Waals surface area (Å²) < 4.78 is 83.6. The van der Waals surface area contributed by atoms with Gasteiger partial charge in [0.15, 0.2) is 17.1 Å². The molecule has 27 heteroatoms. The second-order valence-corrected chi connectivity index (χ2v) is 13.0. The van der Waals surface area contributed by atoms with Gasteiger partial charge in [-0.15, -0.1) is 15.6 Å². The number of alkyl halides is 3. The average Bonchev–Trinajstić information content (AvgIpc) is 3.70. The van der Waals surface area contributed by atoms with Crippen molar-refractivity contribution >= 4 is 68.1 Å². The van der Waals surface area contributed by atoms with Crippen molar-refractivity contribution in [3.05, 3.63) is 41.8 Å². The lowest BCUT2D eigenvalue weighted by atomic mass is 9.84. The number of anilines is 3. The summed E-state index contributed by atoms with van der Waals surface area (Å²) in [6, 6.07) is 1.42. The highest BCUT2D eigenvalue weighted by Gasteiger charge is 2.58. The van der Waals surface area contributed by atoms with Crippen LogP contribution in [0.3, 0.4) is 0 Å². The van der Waals surface area contributed by atoms with Crippen molar-refractivity contribution in [2.24, 2.45) is 10.9 Å². The number of aliphatic carboxylic acids is 1. The van der Waals surface area contributed by atoms with Crippen LogP contribution in [-0.2, 0) is 50.0 Å². The van der Waals surface area contributed by atoms with Crippen LogP contribution in [-0.4, -0.2) is 109 Å². The maximum atomic E-state index is 13.2. The fraction of sp³-hybridized carbons (Fsp3) is 0.385. The van der Waals surface area contributed by atoms with Gasteiger partial charge in [0.1, 0.15) is 29.9 Å². The first-order valence-electron chi connectivity index (χ1n) is 14.6. The monoisotopic (exact) mass is 794 g/mol. The van der Waals surface area contributed by atoms with E-state index in [4.69, 9.17) is 25.6 Å². The van der Waals surface area contributed by atoms with Gasteiger partial charge < -0.3 is 40.4 Å². The first-order valence-corrected chi connectivity index (χ1v) is 16.8. The molecule has 0 aromatic carbocycles. The van der Waals surface area contributed by atoms with Gasteiger partial charge >= 0.3 is 28.5 Å². The van der Waals surface area contributed by atoms with Crippen molar-refractivity contribution in [1.29, 1.82) is 0 Å². The van der Waals surface area contributed by atoms with Crippen molar-refractivity contribution in [1.82, 2.24) is 29.9 Å². The topological polar surface area (TPSA) is 315 Å². The molecule has 1 aliphatic rings. The van der Waals surface area contributed by atoms with Gasteiger partial charge in [0.05, 0.1) is 11.7 Å². The number of carbonyl (C=O) groups excluding carboxylic acids is 3. The number of esters is 1. The lowest BCUT2D eigenvalue weighted by molar-refractivity contribution is -0.218. The quantitative estimate of drug-likeness (QED) is 0.0260. The van der Waals surface area contributed by atoms with Crippen LogP contribution in [0.2, 0.25) is 0 Å². The summed E-state index contributed by atoms with van der Waals surface area (Å²) in [5.41, 5.74) is 8.88. The number of oxime groups is 1. The van der Waals surface area contributed by atoms with Crippen molar-refractivity contribution < 1.29 is 69.0 Å². The molecule has 22 nitrogen and oxygen atoms in total. The fourth-order valence-corrected chi connectivity index (χ4v) is 5.25. The standard InChI is InChI=1S/C26H29F3N10O12S2/c1-25(2)18(20(41)39(25)51-53(45,46)47)36-19(40)17(13-11-52-23(31)34-13)37-50-14(21(42)43)10-48-12-3-4-16(33-9-12)35-24-32-6-8-38(24)7-5-15(30)49-22(44)26(27,28)29/h3-4,6,8-9,11,14-15,18H,5,7,10,30H2,1-2H3,(H2,31,34)(H,36,40)(H,42,43)(H,32,33,35)(H,45,46,47)/b37-17-/t14-,15+,18-/m1/s1. The molecule has 0 aliphatic carbocycles. The predicted octanol–water partition coefficient (Wildman–Crippen LogP) is -0.0663. The number of aromatic nitrogens is 4. The zero-order valence-electron chi connectivity index (χ0n) is 27.1. The van der Waals surface area contributed by atoms with Gasteiger partial charge in [0.25, 0.3) is 17.9 Å². The van der Waals surface area contributed by atoms with Crippen LogP contribution < -0.4 is 26.8 Å². The number of ether oxygens (including phenoxy) is 2. The number of thiazole rings is 1. The number of carboxylic acid groups (broad SMARTS) is 1. The smallest absolute Gasteiger partial charge is 0.487 e. The van der Waals surface area contributed by atoms with E-state index >= 15 is 0 Å². The van der Waals surface area contributed by atoms with Gasteiger partial charge in [-0.05, 0) is 26.0 Å². The number of nitrogens with one attached hydrogen (secondary N) is 2. The molecule has 3 aromatic rings. The van der Waals surface area contributed by atoms with Crippen molar-refractivity contribution in [3.8, 4) is 5.75 Å². The lowest BCUT2D eigenvalue weighted by Gasteiger charge is -2.50. The van der Waals surface area contributed by atoms with Gasteiger partial charge in [0, 0.05) is 30.7 Å². The first kappa shape index (κ1) is 40.1. The lowest BCUT2D eigenvalue weighted by Crippen LogP contribution is -2.76. The second-order valence-electron chi connectivity index (χ2n) is 11.1. The van der Waals surface area contributed by atoms with E-state index in [1.807, 2.05) is 0 Å². The maximum absolute atomic E-state index is 13.2. The molecule has 3 aromatic heterocycles. The number of rotatable bonds is 17. The van der Waals surface area contributed by atoms with Crippen LogP contribution in [0.4, 0.5) is 30.1 Å². The number of nitrogen functional groups attached to an aromatic ring is 1. The van der Waals surface area contributed by atoms with Gasteiger partial charge in [-0.2, -0.15) is 26.7 Å². The molecule has 4 heterocycles. The molecule has 0 radical (unpaired) electrons. The second kappa shape index (κ2) is 15.9. The Kier molecular flexibility index (Phi) is 12.1. The van der Waals surface area contributed by atoms with E-state index < -0.39 is 76.6 Å². The number of hydrogen-bond donors (Lipinski definition) is 6. The molecule has 3 atom stereocenters. The number of pyridine rings is 1. The summed E-state index contributed by atoms with van der Waals surface area (Å²) in [5, 5.41) is 20.1. The van der Waals surface area contributed by atoms with E-state index in [0.717, 1.165) is 11.3 Å². The highest BCUT2D eigenvalue weighted by Crippen LogP contribution is 2.33. The van der Waals surface area contributed by atoms with Crippen molar-refractivity contribution in [2.75, 3.05) is 17.7 Å². The molecular weight excluding hydrogens is 765 g/mol. The highest BCUT2D eigenvalue weighted by atomic mass is 32.3. The molecule has 1 fully saturated rings. The van der Waals surface area contributed by atoms with Crippen LogP contribution in [0, 0.1) is 0 Å². The van der Waals surface area contributed by atoms with E-state index in [-0.39, 0.29) is 41.3 Å². The maximum Gasteiger partial charge on any atom is 0.490 e. The number of carboxylic acids is 1. The molecule has 4 rings (SSSR count). The number of nitrogens with two attached hydrogens (primary N) is 2. The number of imidazole rings is 1. The minimum atomic E-state index is -5.19. The third kappa shape index (κ3) is 10.5. The van der Waals surface area contributed by atoms with Crippen molar-refractivity contribution in [2.45, 2.75) is 56.9 Å². The molecule has 0 unspecified atom stereocenters. The summed E-state index contributed by atoms with van der Waals surface area (Å²) in [5.74, 6) is -5.65. The molecule has 53 heavy (non-hydrogen) atoms. The normalized spacial score (nSPS) is 17.0. The average molecular weight is 795 g/mol. The van der Waals surface area contributed by atoms with Gasteiger partial charge in [-0.3, -0.25) is 19.9 Å². The Morgan fingerprint density at radius 3 is 2.51 bits per heavy atom. The summed E-state index contributed by atoms with van der Waals surface area (Å²) in [6.45, 7) is 1.97. The SMILES string of the molecule is CC1(C)[C@H](NC(=O)/C(=N\O[C@H](COc2ccc(Nc3nccn3CC[C@@H](N)OC(=O)C(F)(F)F)nc2)C(=O)O)c2csc(N)n2)C(=O)N1OS(=O)(=O)O. The van der Waals surface area contributed by atoms with E-state index in [2.05, 4.69) is 39.8 Å². The number of halogens is 3. The first-order chi connectivity index (χ1) is 24.7. The number of hydrogen-bond acceptors (Lipinski definition) is 18. The molecule has 0 spiro atoms. The largest absolute Gasteiger partial charge is 0.490 e. The van der Waals surface area contributed by atoms with E-state index in [1.54, 1.807) is 0 Å². The Hall–Kier alpha value is -5.64. The summed E-state index contributed by atoms with van der Waals surface area (Å²) >= 11 is 0.899. The third-order valence-electron chi connectivity index (χ3n) is 6.88. The van der Waals surface area contributed by atoms with Crippen LogP contribution in [0.5, 0.6) is 5.75 Å². The Bertz CT molecular complexity index is 1970. The fourth-order valence-electron chi connectivity index (χ4n) is 4.25. The van der Waals surface area contributed by atoms with Gasteiger partial charge in [0.2, 0.25) is 5.95 Å². The zero-order chi connectivity index (χ0) is 39.3. The van der Waals surface area contributed by atoms with Crippen LogP contribution in [0.15, 0.2) is 41.3 Å². The Labute approximate surface area is 299 Å². The molecular formula is C26H29F3N10O12S2. The molecule has 0 saturated carbocycles. The van der Waals surface area contributed by atoms with Gasteiger partial charge in [-0.25, -0.2) is 24.5 Å². The molecule has 0 bridgehead atoms. The minimum absolute atomic E-state index is 0.00264.